The first-order valence-electron chi connectivity index (χ1n) is 10.0. The predicted molar refractivity (Wildman–Crippen MR) is 120 cm³/mol. The van der Waals surface area contributed by atoms with Crippen LogP contribution in [0.2, 0.25) is 0 Å². The van der Waals surface area contributed by atoms with Crippen molar-refractivity contribution in [3.8, 4) is 0 Å². The minimum absolute atomic E-state index is 0.0605. The highest BCUT2D eigenvalue weighted by atomic mass is 32.2. The number of hydrogen-bond acceptors (Lipinski definition) is 3. The molecule has 1 N–H and O–H groups in total. The number of rotatable bonds is 8. The van der Waals surface area contributed by atoms with Crippen LogP contribution in [-0.2, 0) is 14.8 Å². The summed E-state index contributed by atoms with van der Waals surface area (Å²) in [5.41, 5.74) is 2.07. The number of sulfonamides is 1. The zero-order valence-corrected chi connectivity index (χ0v) is 18.3. The Balaban J connectivity index is 1.90. The molecule has 3 aromatic rings. The first-order valence-corrected chi connectivity index (χ1v) is 11.4. The molecule has 3 aromatic carbocycles. The van der Waals surface area contributed by atoms with Crippen LogP contribution >= 0.6 is 0 Å². The number of anilines is 1. The average Bonchev–Trinajstić information content (AvgIpc) is 2.77. The lowest BCUT2D eigenvalue weighted by molar-refractivity contribution is -0.120. The molecule has 3 rings (SSSR count). The normalized spacial score (nSPS) is 12.2. The lowest BCUT2D eigenvalue weighted by Crippen LogP contribution is -2.42. The monoisotopic (exact) mass is 440 g/mol. The minimum atomic E-state index is -4.04. The van der Waals surface area contributed by atoms with Gasteiger partial charge in [0.15, 0.2) is 0 Å². The molecule has 7 heteroatoms. The topological polar surface area (TPSA) is 66.5 Å². The van der Waals surface area contributed by atoms with Gasteiger partial charge in [0.2, 0.25) is 5.91 Å². The molecular weight excluding hydrogens is 415 g/mol. The third-order valence-corrected chi connectivity index (χ3v) is 6.74. The smallest absolute Gasteiger partial charge is 0.264 e. The lowest BCUT2D eigenvalue weighted by Gasteiger charge is -2.25. The molecule has 31 heavy (non-hydrogen) atoms. The van der Waals surface area contributed by atoms with Gasteiger partial charge in [-0.15, -0.1) is 0 Å². The lowest BCUT2D eigenvalue weighted by atomic mass is 10.0. The summed E-state index contributed by atoms with van der Waals surface area (Å²) in [6.07, 6.45) is 0.650. The molecule has 0 saturated heterocycles. The van der Waals surface area contributed by atoms with E-state index in [0.717, 1.165) is 15.4 Å². The van der Waals surface area contributed by atoms with Crippen molar-refractivity contribution < 1.29 is 17.6 Å². The van der Waals surface area contributed by atoms with E-state index in [1.807, 2.05) is 44.2 Å². The Morgan fingerprint density at radius 2 is 1.58 bits per heavy atom. The van der Waals surface area contributed by atoms with Crippen molar-refractivity contribution in [3.05, 3.63) is 95.8 Å². The predicted octanol–water partition coefficient (Wildman–Crippen LogP) is 4.60. The molecule has 0 unspecified atom stereocenters. The quantitative estimate of drug-likeness (QED) is 0.557. The summed E-state index contributed by atoms with van der Waals surface area (Å²) < 4.78 is 41.1. The maximum absolute atomic E-state index is 13.4. The zero-order valence-electron chi connectivity index (χ0n) is 17.5. The second kappa shape index (κ2) is 9.75. The fraction of sp³-hybridized carbons (Fsp3) is 0.208. The summed E-state index contributed by atoms with van der Waals surface area (Å²) in [7, 11) is -4.04. The first kappa shape index (κ1) is 22.5. The summed E-state index contributed by atoms with van der Waals surface area (Å²) in [5, 5.41) is 2.91. The van der Waals surface area contributed by atoms with Crippen LogP contribution in [0.15, 0.2) is 83.8 Å². The van der Waals surface area contributed by atoms with Crippen LogP contribution < -0.4 is 9.62 Å². The van der Waals surface area contributed by atoms with Crippen molar-refractivity contribution in [3.63, 3.8) is 0 Å². The van der Waals surface area contributed by atoms with E-state index in [1.165, 1.54) is 36.4 Å². The Labute approximate surface area is 182 Å². The second-order valence-corrected chi connectivity index (χ2v) is 9.10. The summed E-state index contributed by atoms with van der Waals surface area (Å²) in [6.45, 7) is 3.37. The number of halogens is 1. The molecule has 0 aliphatic rings. The molecule has 0 spiro atoms. The van der Waals surface area contributed by atoms with Crippen LogP contribution in [0.1, 0.15) is 30.5 Å². The summed E-state index contributed by atoms with van der Waals surface area (Å²) >= 11 is 0. The van der Waals surface area contributed by atoms with Crippen LogP contribution in [0, 0.1) is 12.7 Å². The van der Waals surface area contributed by atoms with Crippen LogP contribution in [0.4, 0.5) is 10.1 Å². The summed E-state index contributed by atoms with van der Waals surface area (Å²) in [4.78, 5) is 12.9. The largest absolute Gasteiger partial charge is 0.348 e. The van der Waals surface area contributed by atoms with Gasteiger partial charge >= 0.3 is 0 Å². The van der Waals surface area contributed by atoms with E-state index in [-0.39, 0.29) is 16.6 Å². The Morgan fingerprint density at radius 3 is 2.16 bits per heavy atom. The van der Waals surface area contributed by atoms with Gasteiger partial charge < -0.3 is 5.32 Å². The molecule has 5 nitrogen and oxygen atoms in total. The van der Waals surface area contributed by atoms with Crippen LogP contribution in [0.5, 0.6) is 0 Å². The summed E-state index contributed by atoms with van der Waals surface area (Å²) in [6, 6.07) is 20.7. The Kier molecular flexibility index (Phi) is 7.07. The Morgan fingerprint density at radius 1 is 0.968 bits per heavy atom. The maximum atomic E-state index is 13.4. The average molecular weight is 441 g/mol. The molecule has 0 saturated carbocycles. The van der Waals surface area contributed by atoms with E-state index >= 15 is 0 Å². The van der Waals surface area contributed by atoms with Gasteiger partial charge in [0.05, 0.1) is 16.6 Å². The highest BCUT2D eigenvalue weighted by Gasteiger charge is 2.28. The van der Waals surface area contributed by atoms with Crippen molar-refractivity contribution in [1.29, 1.82) is 0 Å². The van der Waals surface area contributed by atoms with Gasteiger partial charge in [-0.1, -0.05) is 55.0 Å². The third kappa shape index (κ3) is 5.49. The van der Waals surface area contributed by atoms with Crippen LogP contribution in [0.3, 0.4) is 0 Å². The molecule has 0 fully saturated rings. The molecule has 0 radical (unpaired) electrons. The molecule has 0 aromatic heterocycles. The van der Waals surface area contributed by atoms with E-state index in [9.17, 15) is 17.6 Å². The van der Waals surface area contributed by atoms with Gasteiger partial charge in [0, 0.05) is 0 Å². The maximum Gasteiger partial charge on any atom is 0.264 e. The molecule has 0 bridgehead atoms. The van der Waals surface area contributed by atoms with E-state index in [4.69, 9.17) is 0 Å². The van der Waals surface area contributed by atoms with Gasteiger partial charge in [-0.2, -0.15) is 0 Å². The molecule has 1 amide bonds. The fourth-order valence-electron chi connectivity index (χ4n) is 3.24. The fourth-order valence-corrected chi connectivity index (χ4v) is 4.66. The van der Waals surface area contributed by atoms with E-state index in [0.29, 0.717) is 6.42 Å². The standard InChI is InChI=1S/C24H25FN2O3S/c1-3-23(19-7-5-4-6-8-19)26-24(28)17-27(21-13-11-20(25)12-14-21)31(29,30)22-15-9-18(2)10-16-22/h4-16,23H,3,17H2,1-2H3,(H,26,28)/t23-/m1/s1. The van der Waals surface area contributed by atoms with Crippen molar-refractivity contribution in [2.75, 3.05) is 10.8 Å². The van der Waals surface area contributed by atoms with Gasteiger partial charge in [-0.25, -0.2) is 12.8 Å². The summed E-state index contributed by atoms with van der Waals surface area (Å²) in [5.74, 6) is -0.938. The third-order valence-electron chi connectivity index (χ3n) is 4.96. The van der Waals surface area contributed by atoms with Crippen LogP contribution in [0.25, 0.3) is 0 Å². The minimum Gasteiger partial charge on any atom is -0.348 e. The van der Waals surface area contributed by atoms with Gasteiger partial charge in [0.25, 0.3) is 10.0 Å². The van der Waals surface area contributed by atoms with Crippen molar-refractivity contribution in [2.45, 2.75) is 31.2 Å². The van der Waals surface area contributed by atoms with E-state index < -0.39 is 28.3 Å². The number of aryl methyl sites for hydroxylation is 1. The van der Waals surface area contributed by atoms with Gasteiger partial charge in [-0.05, 0) is 55.3 Å². The molecule has 162 valence electrons. The number of hydrogen-bond donors (Lipinski definition) is 1. The number of carbonyl (C=O) groups excluding carboxylic acids is 1. The van der Waals surface area contributed by atoms with E-state index in [1.54, 1.807) is 12.1 Å². The molecule has 1 atom stereocenters. The number of benzene rings is 3. The van der Waals surface area contributed by atoms with Crippen molar-refractivity contribution in [2.24, 2.45) is 0 Å². The molecular formula is C24H25FN2O3S. The molecule has 0 aliphatic carbocycles. The Bertz CT molecular complexity index is 1120. The molecule has 0 heterocycles. The first-order chi connectivity index (χ1) is 14.8. The van der Waals surface area contributed by atoms with Gasteiger partial charge in [0.1, 0.15) is 12.4 Å². The van der Waals surface area contributed by atoms with Crippen LogP contribution in [-0.4, -0.2) is 20.9 Å². The van der Waals surface area contributed by atoms with Crippen molar-refractivity contribution >= 4 is 21.6 Å². The number of carbonyl (C=O) groups is 1. The van der Waals surface area contributed by atoms with Gasteiger partial charge in [-0.3, -0.25) is 9.10 Å². The zero-order chi connectivity index (χ0) is 22.4. The van der Waals surface area contributed by atoms with Crippen molar-refractivity contribution in [1.82, 2.24) is 5.32 Å². The number of nitrogens with zero attached hydrogens (tertiary/aromatic N) is 1. The SMILES string of the molecule is CC[C@@H](NC(=O)CN(c1ccc(F)cc1)S(=O)(=O)c1ccc(C)cc1)c1ccccc1. The highest BCUT2D eigenvalue weighted by molar-refractivity contribution is 7.92. The van der Waals surface area contributed by atoms with E-state index in [2.05, 4.69) is 5.32 Å². The highest BCUT2D eigenvalue weighted by Crippen LogP contribution is 2.24. The number of amides is 1. The Hall–Kier alpha value is -3.19. The number of nitrogens with one attached hydrogen (secondary N) is 1. The molecule has 0 aliphatic heterocycles. The second-order valence-electron chi connectivity index (χ2n) is 7.24.